The van der Waals surface area contributed by atoms with Gasteiger partial charge in [-0.15, -0.1) is 11.3 Å². The summed E-state index contributed by atoms with van der Waals surface area (Å²) in [5.74, 6) is 6.35. The fourth-order valence-corrected chi connectivity index (χ4v) is 2.90. The van der Waals surface area contributed by atoms with E-state index in [1.807, 2.05) is 18.2 Å². The van der Waals surface area contributed by atoms with E-state index in [-0.39, 0.29) is 6.04 Å². The Morgan fingerprint density at radius 1 is 1.50 bits per heavy atom. The molecule has 0 aliphatic carbocycles. The fourth-order valence-electron chi connectivity index (χ4n) is 1.77. The summed E-state index contributed by atoms with van der Waals surface area (Å²) in [5, 5.41) is 0. The molecule has 0 fully saturated rings. The van der Waals surface area contributed by atoms with Crippen molar-refractivity contribution in [2.45, 2.75) is 12.5 Å². The van der Waals surface area contributed by atoms with Gasteiger partial charge in [0.05, 0.1) is 23.7 Å². The molecular weight excluding hydrogens is 270 g/mol. The Labute approximate surface area is 115 Å². The second kappa shape index (κ2) is 6.15. The molecule has 2 rings (SSSR count). The van der Waals surface area contributed by atoms with Crippen LogP contribution in [-0.4, -0.2) is 12.1 Å². The second-order valence-corrected chi connectivity index (χ2v) is 5.55. The predicted molar refractivity (Wildman–Crippen MR) is 73.9 cm³/mol. The number of halogens is 1. The molecule has 6 heteroatoms. The van der Waals surface area contributed by atoms with E-state index in [0.717, 1.165) is 22.1 Å². The molecule has 96 valence electrons. The molecule has 0 radical (unpaired) electrons. The topological polar surface area (TPSA) is 60.2 Å². The van der Waals surface area contributed by atoms with Gasteiger partial charge in [0.1, 0.15) is 5.75 Å². The molecule has 1 unspecified atom stereocenters. The molecule has 1 atom stereocenters. The highest BCUT2D eigenvalue weighted by atomic mass is 35.5. The Hall–Kier alpha value is -1.14. The van der Waals surface area contributed by atoms with Crippen LogP contribution in [0.5, 0.6) is 5.75 Å². The highest BCUT2D eigenvalue weighted by Gasteiger charge is 2.16. The number of hydrazine groups is 1. The standard InChI is InChI=1S/C12H14ClN3OS/c1-17-11-7-15-5-4-9(11)10(16-14)6-8-2-3-12(13)18-8/h2-5,7,10,16H,6,14H2,1H3. The zero-order valence-electron chi connectivity index (χ0n) is 9.89. The Balaban J connectivity index is 2.22. The Morgan fingerprint density at radius 3 is 2.94 bits per heavy atom. The van der Waals surface area contributed by atoms with E-state index in [1.54, 1.807) is 30.8 Å². The third-order valence-corrected chi connectivity index (χ3v) is 3.90. The lowest BCUT2D eigenvalue weighted by Crippen LogP contribution is -2.29. The van der Waals surface area contributed by atoms with Gasteiger partial charge in [-0.2, -0.15) is 0 Å². The number of thiophene rings is 1. The van der Waals surface area contributed by atoms with E-state index in [0.29, 0.717) is 0 Å². The molecule has 0 saturated heterocycles. The van der Waals surface area contributed by atoms with Gasteiger partial charge in [0.15, 0.2) is 0 Å². The van der Waals surface area contributed by atoms with E-state index in [4.69, 9.17) is 22.2 Å². The van der Waals surface area contributed by atoms with E-state index in [1.165, 1.54) is 4.88 Å². The molecule has 3 N–H and O–H groups in total. The first kappa shape index (κ1) is 13.3. The van der Waals surface area contributed by atoms with Crippen LogP contribution >= 0.6 is 22.9 Å². The predicted octanol–water partition coefficient (Wildman–Crippen LogP) is 2.55. The normalized spacial score (nSPS) is 12.4. The van der Waals surface area contributed by atoms with Crippen molar-refractivity contribution in [2.24, 2.45) is 5.84 Å². The minimum absolute atomic E-state index is 0.0299. The summed E-state index contributed by atoms with van der Waals surface area (Å²) in [6.45, 7) is 0. The molecule has 0 amide bonds. The number of rotatable bonds is 5. The first-order chi connectivity index (χ1) is 8.74. The molecule has 2 aromatic heterocycles. The Kier molecular flexibility index (Phi) is 4.54. The van der Waals surface area contributed by atoms with E-state index < -0.39 is 0 Å². The van der Waals surface area contributed by atoms with Crippen LogP contribution in [0.1, 0.15) is 16.5 Å². The van der Waals surface area contributed by atoms with Crippen molar-refractivity contribution in [1.82, 2.24) is 10.4 Å². The van der Waals surface area contributed by atoms with Crippen LogP contribution in [0.3, 0.4) is 0 Å². The van der Waals surface area contributed by atoms with Gasteiger partial charge in [0.2, 0.25) is 0 Å². The van der Waals surface area contributed by atoms with Crippen molar-refractivity contribution in [3.05, 3.63) is 45.4 Å². The number of aromatic nitrogens is 1. The molecule has 2 aromatic rings. The van der Waals surface area contributed by atoms with Gasteiger partial charge in [-0.3, -0.25) is 16.3 Å². The van der Waals surface area contributed by atoms with E-state index in [9.17, 15) is 0 Å². The summed E-state index contributed by atoms with van der Waals surface area (Å²) in [7, 11) is 1.62. The first-order valence-electron chi connectivity index (χ1n) is 5.43. The second-order valence-electron chi connectivity index (χ2n) is 3.75. The molecule has 4 nitrogen and oxygen atoms in total. The van der Waals surface area contributed by atoms with Crippen molar-refractivity contribution in [3.63, 3.8) is 0 Å². The van der Waals surface area contributed by atoms with Gasteiger partial charge in [-0.25, -0.2) is 0 Å². The summed E-state index contributed by atoms with van der Waals surface area (Å²) in [6.07, 6.45) is 4.17. The summed E-state index contributed by atoms with van der Waals surface area (Å²) >= 11 is 7.48. The number of hydrogen-bond donors (Lipinski definition) is 2. The molecule has 0 bridgehead atoms. The minimum Gasteiger partial charge on any atom is -0.495 e. The maximum Gasteiger partial charge on any atom is 0.141 e. The van der Waals surface area contributed by atoms with Crippen LogP contribution < -0.4 is 16.0 Å². The summed E-state index contributed by atoms with van der Waals surface area (Å²) in [5.41, 5.74) is 3.79. The van der Waals surface area contributed by atoms with Crippen LogP contribution in [-0.2, 0) is 6.42 Å². The highest BCUT2D eigenvalue weighted by Crippen LogP contribution is 2.29. The Bertz CT molecular complexity index is 518. The van der Waals surface area contributed by atoms with Crippen LogP contribution in [0.15, 0.2) is 30.6 Å². The summed E-state index contributed by atoms with van der Waals surface area (Å²) < 4.78 is 6.07. The van der Waals surface area contributed by atoms with Gasteiger partial charge in [0, 0.05) is 23.1 Å². The number of nitrogens with two attached hydrogens (primary N) is 1. The molecule has 2 heterocycles. The third-order valence-electron chi connectivity index (χ3n) is 2.65. The number of methoxy groups -OCH3 is 1. The van der Waals surface area contributed by atoms with Crippen molar-refractivity contribution in [2.75, 3.05) is 7.11 Å². The largest absolute Gasteiger partial charge is 0.495 e. The van der Waals surface area contributed by atoms with Gasteiger partial charge < -0.3 is 4.74 Å². The lowest BCUT2D eigenvalue weighted by molar-refractivity contribution is 0.397. The van der Waals surface area contributed by atoms with Gasteiger partial charge in [-0.05, 0) is 18.2 Å². The lowest BCUT2D eigenvalue weighted by atomic mass is 10.0. The van der Waals surface area contributed by atoms with E-state index >= 15 is 0 Å². The molecule has 0 aromatic carbocycles. The van der Waals surface area contributed by atoms with Crippen molar-refractivity contribution < 1.29 is 4.74 Å². The van der Waals surface area contributed by atoms with E-state index in [2.05, 4.69) is 10.4 Å². The van der Waals surface area contributed by atoms with Gasteiger partial charge >= 0.3 is 0 Å². The number of pyridine rings is 1. The quantitative estimate of drug-likeness (QED) is 0.654. The SMILES string of the molecule is COc1cnccc1C(Cc1ccc(Cl)s1)NN. The van der Waals surface area contributed by atoms with Gasteiger partial charge in [-0.1, -0.05) is 11.6 Å². The summed E-state index contributed by atoms with van der Waals surface area (Å²) in [4.78, 5) is 5.20. The maximum absolute atomic E-state index is 5.92. The summed E-state index contributed by atoms with van der Waals surface area (Å²) in [6, 6.07) is 5.76. The van der Waals surface area contributed by atoms with Crippen molar-refractivity contribution >= 4 is 22.9 Å². The van der Waals surface area contributed by atoms with Crippen molar-refractivity contribution in [3.8, 4) is 5.75 Å². The molecule has 0 aliphatic heterocycles. The third kappa shape index (κ3) is 3.00. The van der Waals surface area contributed by atoms with Crippen LogP contribution in [0.4, 0.5) is 0 Å². The van der Waals surface area contributed by atoms with Crippen LogP contribution in [0.25, 0.3) is 0 Å². The number of hydrogen-bond acceptors (Lipinski definition) is 5. The average Bonchev–Trinajstić information content (AvgIpc) is 2.81. The smallest absolute Gasteiger partial charge is 0.141 e. The number of nitrogens with zero attached hydrogens (tertiary/aromatic N) is 1. The minimum atomic E-state index is -0.0299. The zero-order valence-corrected chi connectivity index (χ0v) is 11.5. The van der Waals surface area contributed by atoms with Crippen molar-refractivity contribution in [1.29, 1.82) is 0 Å². The molecule has 0 saturated carbocycles. The molecule has 0 spiro atoms. The monoisotopic (exact) mass is 283 g/mol. The van der Waals surface area contributed by atoms with Crippen LogP contribution in [0.2, 0.25) is 4.34 Å². The average molecular weight is 284 g/mol. The van der Waals surface area contributed by atoms with Gasteiger partial charge in [0.25, 0.3) is 0 Å². The highest BCUT2D eigenvalue weighted by molar-refractivity contribution is 7.16. The lowest BCUT2D eigenvalue weighted by Gasteiger charge is -2.17. The number of nitrogens with one attached hydrogen (secondary N) is 1. The molecule has 0 aliphatic rings. The maximum atomic E-state index is 5.92. The fraction of sp³-hybridized carbons (Fsp3) is 0.250. The number of ether oxygens (including phenoxy) is 1. The zero-order chi connectivity index (χ0) is 13.0. The first-order valence-corrected chi connectivity index (χ1v) is 6.62. The Morgan fingerprint density at radius 2 is 2.33 bits per heavy atom. The van der Waals surface area contributed by atoms with Crippen LogP contribution in [0, 0.1) is 0 Å². The molecule has 18 heavy (non-hydrogen) atoms. The molecular formula is C12H14ClN3OS.